The van der Waals surface area contributed by atoms with Gasteiger partial charge in [0.15, 0.2) is 5.69 Å². The number of carboxylic acid groups (broad SMARTS) is 1. The van der Waals surface area contributed by atoms with E-state index in [1.54, 1.807) is 34.7 Å². The largest absolute Gasteiger partial charge is 0.505 e. The average molecular weight is 500 g/mol. The molecule has 2 aromatic rings. The van der Waals surface area contributed by atoms with Crippen LogP contribution >= 0.6 is 0 Å². The summed E-state index contributed by atoms with van der Waals surface area (Å²) in [4.78, 5) is 38.3. The second kappa shape index (κ2) is 11.1. The molecule has 2 aliphatic rings. The number of phenols is 1. The minimum atomic E-state index is -0.804. The molecule has 36 heavy (non-hydrogen) atoms. The molecule has 1 aliphatic heterocycles. The Morgan fingerprint density at radius 1 is 1.17 bits per heavy atom. The van der Waals surface area contributed by atoms with Crippen molar-refractivity contribution < 1.29 is 24.5 Å². The Kier molecular flexibility index (Phi) is 7.88. The van der Waals surface area contributed by atoms with Gasteiger partial charge in [-0.15, -0.1) is 10.2 Å². The molecule has 2 unspecified atom stereocenters. The molecule has 1 aromatic carbocycles. The number of rotatable bonds is 7. The molecule has 4 rings (SSSR count). The highest BCUT2D eigenvalue weighted by atomic mass is 16.5. The van der Waals surface area contributed by atoms with E-state index >= 15 is 0 Å². The fourth-order valence-electron chi connectivity index (χ4n) is 5.28. The Bertz CT molecular complexity index is 1190. The number of amides is 1. The van der Waals surface area contributed by atoms with E-state index in [0.717, 1.165) is 12.8 Å². The number of aromatic amines is 1. The summed E-state index contributed by atoms with van der Waals surface area (Å²) in [5, 5.41) is 31.7. The highest BCUT2D eigenvalue weighted by molar-refractivity contribution is 5.77. The van der Waals surface area contributed by atoms with Gasteiger partial charge < -0.3 is 19.8 Å². The van der Waals surface area contributed by atoms with Crippen LogP contribution in [-0.4, -0.2) is 63.6 Å². The van der Waals surface area contributed by atoms with Crippen molar-refractivity contribution >= 4 is 23.3 Å². The number of ether oxygens (including phenoxy) is 1. The SMILES string of the molecule is COCC(=O)N1CCC(n2[nH]c(C)c(N=Nc3cccc(C4CCCC(C(=O)O)C4)c3O)c2=O)CC1. The summed E-state index contributed by atoms with van der Waals surface area (Å²) in [5.74, 6) is -1.38. The number of aromatic hydroxyl groups is 1. The van der Waals surface area contributed by atoms with E-state index in [4.69, 9.17) is 4.74 Å². The summed E-state index contributed by atoms with van der Waals surface area (Å²) in [7, 11) is 1.49. The summed E-state index contributed by atoms with van der Waals surface area (Å²) in [6.07, 6.45) is 3.97. The number of aryl methyl sites for hydroxylation is 1. The molecule has 11 heteroatoms. The van der Waals surface area contributed by atoms with Gasteiger partial charge in [-0.1, -0.05) is 18.6 Å². The molecule has 2 atom stereocenters. The van der Waals surface area contributed by atoms with E-state index in [0.29, 0.717) is 50.0 Å². The molecular weight excluding hydrogens is 466 g/mol. The van der Waals surface area contributed by atoms with Crippen LogP contribution in [0.2, 0.25) is 0 Å². The van der Waals surface area contributed by atoms with Crippen LogP contribution in [0, 0.1) is 12.8 Å². The molecule has 1 amide bonds. The van der Waals surface area contributed by atoms with E-state index in [2.05, 4.69) is 15.3 Å². The summed E-state index contributed by atoms with van der Waals surface area (Å²) in [6, 6.07) is 5.08. The number of H-pyrrole nitrogens is 1. The number of carbonyl (C=O) groups is 2. The van der Waals surface area contributed by atoms with Crippen LogP contribution in [0.5, 0.6) is 5.75 Å². The molecule has 3 N–H and O–H groups in total. The van der Waals surface area contributed by atoms with E-state index in [1.165, 1.54) is 7.11 Å². The number of phenolic OH excluding ortho intramolecular Hbond substituents is 1. The highest BCUT2D eigenvalue weighted by Gasteiger charge is 2.30. The van der Waals surface area contributed by atoms with Gasteiger partial charge in [-0.05, 0) is 56.6 Å². The second-order valence-corrected chi connectivity index (χ2v) is 9.62. The van der Waals surface area contributed by atoms with Crippen LogP contribution in [0.1, 0.15) is 61.7 Å². The van der Waals surface area contributed by atoms with Crippen LogP contribution < -0.4 is 5.56 Å². The number of aliphatic carboxylic acids is 1. The average Bonchev–Trinajstić information content (AvgIpc) is 3.16. The molecule has 2 fully saturated rings. The maximum Gasteiger partial charge on any atom is 0.306 e. The Labute approximate surface area is 208 Å². The van der Waals surface area contributed by atoms with Gasteiger partial charge in [0.05, 0.1) is 17.7 Å². The van der Waals surface area contributed by atoms with Gasteiger partial charge in [-0.3, -0.25) is 19.5 Å². The Morgan fingerprint density at radius 2 is 1.92 bits per heavy atom. The molecule has 0 bridgehead atoms. The summed E-state index contributed by atoms with van der Waals surface area (Å²) in [5.41, 5.74) is 1.33. The van der Waals surface area contributed by atoms with Crippen molar-refractivity contribution in [3.63, 3.8) is 0 Å². The molecule has 1 aromatic heterocycles. The van der Waals surface area contributed by atoms with Gasteiger partial charge in [0.2, 0.25) is 5.91 Å². The number of likely N-dealkylation sites (tertiary alicyclic amines) is 1. The fraction of sp³-hybridized carbons (Fsp3) is 0.560. The van der Waals surface area contributed by atoms with Gasteiger partial charge in [0.1, 0.15) is 18.0 Å². The zero-order chi connectivity index (χ0) is 25.8. The lowest BCUT2D eigenvalue weighted by Crippen LogP contribution is -2.42. The number of nitrogens with zero attached hydrogens (tertiary/aromatic N) is 4. The third-order valence-corrected chi connectivity index (χ3v) is 7.28. The van der Waals surface area contributed by atoms with Crippen LogP contribution in [0.25, 0.3) is 0 Å². The van der Waals surface area contributed by atoms with Crippen molar-refractivity contribution in [2.24, 2.45) is 16.1 Å². The summed E-state index contributed by atoms with van der Waals surface area (Å²) >= 11 is 0. The number of para-hydroxylation sites is 1. The number of azo groups is 1. The van der Waals surface area contributed by atoms with E-state index in [-0.39, 0.29) is 47.2 Å². The number of methoxy groups -OCH3 is 1. The molecule has 0 spiro atoms. The van der Waals surface area contributed by atoms with Gasteiger partial charge >= 0.3 is 5.97 Å². The quantitative estimate of drug-likeness (QED) is 0.494. The van der Waals surface area contributed by atoms with Crippen molar-refractivity contribution in [3.8, 4) is 5.75 Å². The third kappa shape index (κ3) is 5.35. The van der Waals surface area contributed by atoms with Crippen molar-refractivity contribution in [1.82, 2.24) is 14.7 Å². The maximum absolute atomic E-state index is 13.1. The first-order chi connectivity index (χ1) is 17.3. The minimum absolute atomic E-state index is 0.0288. The summed E-state index contributed by atoms with van der Waals surface area (Å²) < 4.78 is 6.47. The minimum Gasteiger partial charge on any atom is -0.505 e. The fourth-order valence-corrected chi connectivity index (χ4v) is 5.28. The molecule has 11 nitrogen and oxygen atoms in total. The number of hydrogen-bond acceptors (Lipinski definition) is 7. The number of carboxylic acids is 1. The maximum atomic E-state index is 13.1. The lowest BCUT2D eigenvalue weighted by atomic mass is 9.77. The first-order valence-electron chi connectivity index (χ1n) is 12.3. The molecule has 1 aliphatic carbocycles. The highest BCUT2D eigenvalue weighted by Crippen LogP contribution is 2.43. The van der Waals surface area contributed by atoms with Gasteiger partial charge in [-0.25, -0.2) is 4.68 Å². The Morgan fingerprint density at radius 3 is 2.61 bits per heavy atom. The van der Waals surface area contributed by atoms with Gasteiger partial charge in [0, 0.05) is 20.2 Å². The number of nitrogens with one attached hydrogen (secondary N) is 1. The first-order valence-corrected chi connectivity index (χ1v) is 12.3. The van der Waals surface area contributed by atoms with E-state index < -0.39 is 11.9 Å². The zero-order valence-electron chi connectivity index (χ0n) is 20.6. The lowest BCUT2D eigenvalue weighted by Gasteiger charge is -2.31. The van der Waals surface area contributed by atoms with E-state index in [1.807, 2.05) is 0 Å². The number of hydrogen-bond donors (Lipinski definition) is 3. The second-order valence-electron chi connectivity index (χ2n) is 9.62. The van der Waals surface area contributed by atoms with Crippen molar-refractivity contribution in [2.45, 2.75) is 57.4 Å². The van der Waals surface area contributed by atoms with Crippen LogP contribution in [0.4, 0.5) is 11.4 Å². The number of aromatic nitrogens is 2. The molecule has 0 radical (unpaired) electrons. The van der Waals surface area contributed by atoms with Crippen LogP contribution in [-0.2, 0) is 14.3 Å². The molecule has 2 heterocycles. The zero-order valence-corrected chi connectivity index (χ0v) is 20.6. The van der Waals surface area contributed by atoms with Gasteiger partial charge in [-0.2, -0.15) is 0 Å². The molecule has 1 saturated heterocycles. The predicted octanol–water partition coefficient (Wildman–Crippen LogP) is 3.77. The molecular formula is C25H33N5O6. The monoisotopic (exact) mass is 499 g/mol. The number of benzene rings is 1. The standard InChI is InChI=1S/C25H33N5O6/c1-15-22(24(33)30(28-15)18-9-11-29(12-10-18)21(31)14-36-2)27-26-20-8-4-7-19(23(20)32)16-5-3-6-17(13-16)25(34)35/h4,7-8,16-18,28,32H,3,5-6,9-14H2,1-2H3,(H,34,35). The Balaban J connectivity index is 1.49. The Hall–Kier alpha value is -3.47. The van der Waals surface area contributed by atoms with Crippen molar-refractivity contribution in [2.75, 3.05) is 26.8 Å². The normalized spacial score (nSPS) is 21.2. The number of carbonyl (C=O) groups excluding carboxylic acids is 1. The third-order valence-electron chi connectivity index (χ3n) is 7.28. The first kappa shape index (κ1) is 25.6. The number of piperidine rings is 1. The lowest BCUT2D eigenvalue weighted by molar-refractivity contribution is -0.143. The van der Waals surface area contributed by atoms with Gasteiger partial charge in [0.25, 0.3) is 5.56 Å². The topological polar surface area (TPSA) is 150 Å². The van der Waals surface area contributed by atoms with Crippen LogP contribution in [0.15, 0.2) is 33.2 Å². The molecule has 1 saturated carbocycles. The van der Waals surface area contributed by atoms with Crippen LogP contribution in [0.3, 0.4) is 0 Å². The van der Waals surface area contributed by atoms with Crippen molar-refractivity contribution in [3.05, 3.63) is 39.8 Å². The summed E-state index contributed by atoms with van der Waals surface area (Å²) in [6.45, 7) is 2.87. The smallest absolute Gasteiger partial charge is 0.306 e. The molecule has 194 valence electrons. The van der Waals surface area contributed by atoms with E-state index in [9.17, 15) is 24.6 Å². The predicted molar refractivity (Wildman–Crippen MR) is 131 cm³/mol. The van der Waals surface area contributed by atoms with Crippen molar-refractivity contribution in [1.29, 1.82) is 0 Å².